The summed E-state index contributed by atoms with van der Waals surface area (Å²) < 4.78 is 12.6. The predicted molar refractivity (Wildman–Crippen MR) is 122 cm³/mol. The molecule has 1 unspecified atom stereocenters. The first-order chi connectivity index (χ1) is 15.5. The van der Waals surface area contributed by atoms with E-state index >= 15 is 0 Å². The van der Waals surface area contributed by atoms with Gasteiger partial charge in [-0.05, 0) is 68.0 Å². The smallest absolute Gasteiger partial charge is 0.239 e. The minimum absolute atomic E-state index is 0.112. The largest absolute Gasteiger partial charge is 0.497 e. The van der Waals surface area contributed by atoms with Crippen molar-refractivity contribution >= 4 is 11.7 Å². The molecule has 1 aromatic carbocycles. The molecule has 1 aliphatic carbocycles. The Morgan fingerprint density at radius 3 is 2.62 bits per heavy atom. The molecular formula is C25H28N4O3. The highest BCUT2D eigenvalue weighted by molar-refractivity contribution is 5.93. The maximum Gasteiger partial charge on any atom is 0.239 e. The third-order valence-corrected chi connectivity index (χ3v) is 6.14. The van der Waals surface area contributed by atoms with E-state index in [4.69, 9.17) is 9.15 Å². The quantitative estimate of drug-likeness (QED) is 0.526. The first-order valence-electron chi connectivity index (χ1n) is 10.8. The number of carbonyl (C=O) groups is 1. The summed E-state index contributed by atoms with van der Waals surface area (Å²) in [5.74, 6) is 2.43. The summed E-state index contributed by atoms with van der Waals surface area (Å²) in [6, 6.07) is 14.0. The van der Waals surface area contributed by atoms with E-state index in [0.29, 0.717) is 23.8 Å². The number of rotatable bonds is 9. The van der Waals surface area contributed by atoms with Crippen molar-refractivity contribution in [3.63, 3.8) is 0 Å². The average Bonchev–Trinajstić information content (AvgIpc) is 3.46. The maximum atomic E-state index is 12.9. The molecule has 1 atom stereocenters. The Balaban J connectivity index is 1.48. The molecule has 0 spiro atoms. The number of amides is 1. The van der Waals surface area contributed by atoms with E-state index in [9.17, 15) is 10.1 Å². The highest BCUT2D eigenvalue weighted by Crippen LogP contribution is 2.41. The van der Waals surface area contributed by atoms with Crippen LogP contribution < -0.4 is 15.4 Å². The summed E-state index contributed by atoms with van der Waals surface area (Å²) in [4.78, 5) is 12.9. The van der Waals surface area contributed by atoms with Crippen LogP contribution in [0.5, 0.6) is 5.75 Å². The van der Waals surface area contributed by atoms with Crippen molar-refractivity contribution in [3.05, 3.63) is 70.8 Å². The summed E-state index contributed by atoms with van der Waals surface area (Å²) in [6.45, 7) is 4.44. The van der Waals surface area contributed by atoms with Crippen LogP contribution in [0.25, 0.3) is 0 Å². The molecule has 4 rings (SSSR count). The topological polar surface area (TPSA) is 92.2 Å². The van der Waals surface area contributed by atoms with E-state index < -0.39 is 0 Å². The molecule has 7 heteroatoms. The lowest BCUT2D eigenvalue weighted by Crippen LogP contribution is -2.33. The van der Waals surface area contributed by atoms with Crippen LogP contribution in [0, 0.1) is 31.1 Å². The third-order valence-electron chi connectivity index (χ3n) is 6.14. The Morgan fingerprint density at radius 2 is 2.03 bits per heavy atom. The van der Waals surface area contributed by atoms with Gasteiger partial charge in [-0.2, -0.15) is 5.26 Å². The summed E-state index contributed by atoms with van der Waals surface area (Å²) in [5, 5.41) is 16.1. The molecule has 0 radical (unpaired) electrons. The second-order valence-corrected chi connectivity index (χ2v) is 8.23. The van der Waals surface area contributed by atoms with Gasteiger partial charge in [0.15, 0.2) is 0 Å². The van der Waals surface area contributed by atoms with Crippen LogP contribution >= 0.6 is 0 Å². The molecular weight excluding hydrogens is 404 g/mol. The van der Waals surface area contributed by atoms with Crippen LogP contribution in [0.15, 0.2) is 47.1 Å². The minimum Gasteiger partial charge on any atom is -0.497 e. The summed E-state index contributed by atoms with van der Waals surface area (Å²) in [6.07, 6.45) is 3.91. The van der Waals surface area contributed by atoms with Crippen LogP contribution in [0.4, 0.5) is 5.82 Å². The van der Waals surface area contributed by atoms with Crippen molar-refractivity contribution in [2.45, 2.75) is 39.3 Å². The van der Waals surface area contributed by atoms with Crippen molar-refractivity contribution in [2.24, 2.45) is 5.92 Å². The minimum atomic E-state index is -0.182. The Kier molecular flexibility index (Phi) is 6.33. The highest BCUT2D eigenvalue weighted by atomic mass is 16.5. The van der Waals surface area contributed by atoms with Crippen molar-refractivity contribution < 1.29 is 13.9 Å². The van der Waals surface area contributed by atoms with Crippen LogP contribution in [-0.2, 0) is 11.3 Å². The van der Waals surface area contributed by atoms with Gasteiger partial charge in [0.2, 0.25) is 5.91 Å². The number of nitrogens with one attached hydrogen (secondary N) is 2. The number of furan rings is 1. The SMILES string of the molecule is COc1ccc(C(NCC(=O)Nc2c(C#N)c(C)c(C)n2Cc2ccco2)C2CC2)cc1. The molecule has 2 aromatic heterocycles. The second-order valence-electron chi connectivity index (χ2n) is 8.23. The monoisotopic (exact) mass is 432 g/mol. The normalized spacial score (nSPS) is 14.1. The van der Waals surface area contributed by atoms with Crippen LogP contribution in [0.1, 0.15) is 47.0 Å². The lowest BCUT2D eigenvalue weighted by Gasteiger charge is -2.19. The molecule has 3 aromatic rings. The van der Waals surface area contributed by atoms with Gasteiger partial charge in [-0.25, -0.2) is 0 Å². The van der Waals surface area contributed by atoms with E-state index in [1.54, 1.807) is 13.4 Å². The second kappa shape index (κ2) is 9.33. The Morgan fingerprint density at radius 1 is 1.28 bits per heavy atom. The molecule has 7 nitrogen and oxygen atoms in total. The standard InChI is InChI=1S/C25H28N4O3/c1-16-17(2)29(15-21-5-4-12-32-21)25(22(16)13-26)28-23(30)14-27-24(18-6-7-18)19-8-10-20(31-3)11-9-19/h4-5,8-12,18,24,27H,6-7,14-15H2,1-3H3,(H,28,30). The third kappa shape index (κ3) is 4.56. The lowest BCUT2D eigenvalue weighted by molar-refractivity contribution is -0.115. The zero-order valence-electron chi connectivity index (χ0n) is 18.6. The van der Waals surface area contributed by atoms with E-state index in [1.807, 2.05) is 54.8 Å². The number of carbonyl (C=O) groups excluding carboxylic acids is 1. The highest BCUT2D eigenvalue weighted by Gasteiger charge is 2.32. The molecule has 1 saturated carbocycles. The van der Waals surface area contributed by atoms with Gasteiger partial charge in [-0.15, -0.1) is 0 Å². The number of anilines is 1. The fraction of sp³-hybridized carbons (Fsp3) is 0.360. The summed E-state index contributed by atoms with van der Waals surface area (Å²) >= 11 is 0. The van der Waals surface area contributed by atoms with Crippen molar-refractivity contribution in [1.82, 2.24) is 9.88 Å². The first kappa shape index (κ1) is 21.7. The molecule has 1 fully saturated rings. The predicted octanol–water partition coefficient (Wildman–Crippen LogP) is 4.31. The molecule has 2 heterocycles. The van der Waals surface area contributed by atoms with Crippen LogP contribution in [0.2, 0.25) is 0 Å². The van der Waals surface area contributed by atoms with Gasteiger partial charge in [-0.1, -0.05) is 12.1 Å². The van der Waals surface area contributed by atoms with Gasteiger partial charge in [0.05, 0.1) is 32.0 Å². The fourth-order valence-corrected chi connectivity index (χ4v) is 4.06. The van der Waals surface area contributed by atoms with E-state index in [0.717, 1.165) is 41.2 Å². The first-order valence-corrected chi connectivity index (χ1v) is 10.8. The molecule has 2 N–H and O–H groups in total. The van der Waals surface area contributed by atoms with Gasteiger partial charge in [0.25, 0.3) is 0 Å². The number of aromatic nitrogens is 1. The number of hydrogen-bond acceptors (Lipinski definition) is 5. The van der Waals surface area contributed by atoms with Crippen LogP contribution in [0.3, 0.4) is 0 Å². The Labute approximate surface area is 188 Å². The molecule has 0 aliphatic heterocycles. The average molecular weight is 433 g/mol. The van der Waals surface area contributed by atoms with Crippen molar-refractivity contribution in [3.8, 4) is 11.8 Å². The number of nitrogens with zero attached hydrogens (tertiary/aromatic N) is 2. The Bertz CT molecular complexity index is 1120. The van der Waals surface area contributed by atoms with Gasteiger partial charge in [0.1, 0.15) is 23.4 Å². The molecule has 166 valence electrons. The van der Waals surface area contributed by atoms with Gasteiger partial charge < -0.3 is 24.4 Å². The van der Waals surface area contributed by atoms with Crippen LogP contribution in [-0.4, -0.2) is 24.1 Å². The number of nitriles is 1. The van der Waals surface area contributed by atoms with Crippen molar-refractivity contribution in [2.75, 3.05) is 19.0 Å². The zero-order chi connectivity index (χ0) is 22.7. The molecule has 0 bridgehead atoms. The van der Waals surface area contributed by atoms with Crippen molar-refractivity contribution in [1.29, 1.82) is 5.26 Å². The van der Waals surface area contributed by atoms with Gasteiger partial charge >= 0.3 is 0 Å². The number of hydrogen-bond donors (Lipinski definition) is 2. The number of benzene rings is 1. The molecule has 32 heavy (non-hydrogen) atoms. The number of methoxy groups -OCH3 is 1. The van der Waals surface area contributed by atoms with E-state index in [-0.39, 0.29) is 18.5 Å². The van der Waals surface area contributed by atoms with Gasteiger partial charge in [-0.3, -0.25) is 4.79 Å². The number of ether oxygens (including phenoxy) is 1. The van der Waals surface area contributed by atoms with Gasteiger partial charge in [0, 0.05) is 11.7 Å². The maximum absolute atomic E-state index is 12.9. The molecule has 0 saturated heterocycles. The summed E-state index contributed by atoms with van der Waals surface area (Å²) in [7, 11) is 1.65. The molecule has 1 aliphatic rings. The Hall–Kier alpha value is -3.50. The fourth-order valence-electron chi connectivity index (χ4n) is 4.06. The lowest BCUT2D eigenvalue weighted by atomic mass is 10.0. The molecule has 1 amide bonds. The zero-order valence-corrected chi connectivity index (χ0v) is 18.6. The summed E-state index contributed by atoms with van der Waals surface area (Å²) in [5.41, 5.74) is 3.41. The van der Waals surface area contributed by atoms with E-state index in [2.05, 4.69) is 16.7 Å². The van der Waals surface area contributed by atoms with E-state index in [1.165, 1.54) is 0 Å².